The van der Waals surface area contributed by atoms with Gasteiger partial charge in [-0.05, 0) is 36.5 Å². The first-order valence-corrected chi connectivity index (χ1v) is 6.72. The first kappa shape index (κ1) is 13.1. The van der Waals surface area contributed by atoms with E-state index in [0.29, 0.717) is 5.92 Å². The van der Waals surface area contributed by atoms with Crippen molar-refractivity contribution in [3.63, 3.8) is 0 Å². The highest BCUT2D eigenvalue weighted by Crippen LogP contribution is 2.18. The minimum absolute atomic E-state index is 0.143. The van der Waals surface area contributed by atoms with Crippen LogP contribution in [0.5, 0.6) is 0 Å². The van der Waals surface area contributed by atoms with Crippen LogP contribution in [0.25, 0.3) is 0 Å². The molecule has 1 aliphatic heterocycles. The first-order chi connectivity index (χ1) is 8.58. The molecule has 2 rings (SSSR count). The van der Waals surface area contributed by atoms with Crippen LogP contribution in [0.15, 0.2) is 24.3 Å². The van der Waals surface area contributed by atoms with Crippen molar-refractivity contribution in [3.05, 3.63) is 35.4 Å². The Balaban J connectivity index is 2.11. The number of benzene rings is 1. The normalized spacial score (nSPS) is 17.2. The van der Waals surface area contributed by atoms with Crippen molar-refractivity contribution < 1.29 is 4.79 Å². The zero-order valence-electron chi connectivity index (χ0n) is 11.2. The summed E-state index contributed by atoms with van der Waals surface area (Å²) < 4.78 is 0. The van der Waals surface area contributed by atoms with Crippen LogP contribution in [0.4, 0.5) is 0 Å². The molecule has 18 heavy (non-hydrogen) atoms. The molecule has 0 radical (unpaired) electrons. The second-order valence-electron chi connectivity index (χ2n) is 5.41. The van der Waals surface area contributed by atoms with E-state index in [1.807, 2.05) is 23.1 Å². The average Bonchev–Trinajstić information content (AvgIpc) is 2.39. The summed E-state index contributed by atoms with van der Waals surface area (Å²) in [4.78, 5) is 14.3. The van der Waals surface area contributed by atoms with E-state index in [1.54, 1.807) is 0 Å². The van der Waals surface area contributed by atoms with Crippen molar-refractivity contribution in [2.75, 3.05) is 13.1 Å². The molecule has 98 valence electrons. The summed E-state index contributed by atoms with van der Waals surface area (Å²) in [7, 11) is 0. The molecule has 0 aromatic heterocycles. The Morgan fingerprint density at radius 1 is 1.33 bits per heavy atom. The molecule has 0 saturated carbocycles. The number of likely N-dealkylation sites (tertiary alicyclic amines) is 1. The fourth-order valence-electron chi connectivity index (χ4n) is 2.32. The number of hydrogen-bond donors (Lipinski definition) is 1. The molecule has 1 heterocycles. The molecular formula is C15H22N2O. The topological polar surface area (TPSA) is 46.3 Å². The van der Waals surface area contributed by atoms with Gasteiger partial charge in [-0.15, -0.1) is 0 Å². The number of nitrogens with two attached hydrogens (primary N) is 1. The molecule has 0 spiro atoms. The van der Waals surface area contributed by atoms with Gasteiger partial charge in [0.25, 0.3) is 5.91 Å². The molecule has 0 unspecified atom stereocenters. The van der Waals surface area contributed by atoms with Crippen LogP contribution >= 0.6 is 0 Å². The van der Waals surface area contributed by atoms with Crippen LogP contribution < -0.4 is 5.73 Å². The Labute approximate surface area is 109 Å². The summed E-state index contributed by atoms with van der Waals surface area (Å²) in [6, 6.07) is 8.23. The van der Waals surface area contributed by atoms with E-state index in [0.717, 1.165) is 31.5 Å². The van der Waals surface area contributed by atoms with Gasteiger partial charge in [0.1, 0.15) is 0 Å². The molecule has 0 atom stereocenters. The van der Waals surface area contributed by atoms with E-state index < -0.39 is 0 Å². The Hall–Kier alpha value is -1.35. The number of piperidine rings is 1. The lowest BCUT2D eigenvalue weighted by Gasteiger charge is -2.30. The summed E-state index contributed by atoms with van der Waals surface area (Å²) in [6.07, 6.45) is 1.82. The van der Waals surface area contributed by atoms with Gasteiger partial charge in [-0.25, -0.2) is 0 Å². The van der Waals surface area contributed by atoms with Crippen LogP contribution in [0.2, 0.25) is 0 Å². The fourth-order valence-corrected chi connectivity index (χ4v) is 2.32. The summed E-state index contributed by atoms with van der Waals surface area (Å²) in [5.41, 5.74) is 7.88. The predicted molar refractivity (Wildman–Crippen MR) is 73.6 cm³/mol. The number of carbonyl (C=O) groups excluding carboxylic acids is 1. The maximum Gasteiger partial charge on any atom is 0.253 e. The molecule has 2 N–H and O–H groups in total. The lowest BCUT2D eigenvalue weighted by atomic mass is 9.99. The number of amides is 1. The van der Waals surface area contributed by atoms with Gasteiger partial charge in [-0.1, -0.05) is 26.0 Å². The minimum atomic E-state index is 0.143. The monoisotopic (exact) mass is 246 g/mol. The average molecular weight is 246 g/mol. The molecule has 0 aliphatic carbocycles. The molecule has 0 bridgehead atoms. The summed E-state index contributed by atoms with van der Waals surface area (Å²) in [5.74, 6) is 0.594. The number of hydrogen-bond acceptors (Lipinski definition) is 2. The van der Waals surface area contributed by atoms with Crippen LogP contribution in [0, 0.1) is 0 Å². The van der Waals surface area contributed by atoms with Crippen LogP contribution in [0.3, 0.4) is 0 Å². The van der Waals surface area contributed by atoms with E-state index in [-0.39, 0.29) is 11.9 Å². The van der Waals surface area contributed by atoms with Gasteiger partial charge in [-0.3, -0.25) is 4.79 Å². The summed E-state index contributed by atoms with van der Waals surface area (Å²) in [5, 5.41) is 0. The van der Waals surface area contributed by atoms with E-state index in [2.05, 4.69) is 19.9 Å². The second kappa shape index (κ2) is 5.53. The van der Waals surface area contributed by atoms with Crippen molar-refractivity contribution in [1.29, 1.82) is 0 Å². The van der Waals surface area contributed by atoms with Crippen molar-refractivity contribution >= 4 is 5.91 Å². The third-order valence-corrected chi connectivity index (χ3v) is 3.63. The van der Waals surface area contributed by atoms with Gasteiger partial charge in [0.15, 0.2) is 0 Å². The molecule has 1 saturated heterocycles. The fraction of sp³-hybridized carbons (Fsp3) is 0.533. The zero-order chi connectivity index (χ0) is 13.1. The number of carbonyl (C=O) groups is 1. The molecule has 1 aromatic carbocycles. The molecular weight excluding hydrogens is 224 g/mol. The van der Waals surface area contributed by atoms with Crippen molar-refractivity contribution in [2.24, 2.45) is 5.73 Å². The van der Waals surface area contributed by atoms with Gasteiger partial charge in [0.05, 0.1) is 0 Å². The molecule has 1 aliphatic rings. The van der Waals surface area contributed by atoms with E-state index >= 15 is 0 Å². The number of nitrogens with zero attached hydrogens (tertiary/aromatic N) is 1. The van der Waals surface area contributed by atoms with Crippen molar-refractivity contribution in [3.8, 4) is 0 Å². The van der Waals surface area contributed by atoms with E-state index in [4.69, 9.17) is 5.73 Å². The van der Waals surface area contributed by atoms with Crippen molar-refractivity contribution in [2.45, 2.75) is 38.6 Å². The van der Waals surface area contributed by atoms with Gasteiger partial charge >= 0.3 is 0 Å². The minimum Gasteiger partial charge on any atom is -0.339 e. The molecule has 1 fully saturated rings. The Morgan fingerprint density at radius 3 is 2.61 bits per heavy atom. The van der Waals surface area contributed by atoms with Gasteiger partial charge < -0.3 is 10.6 Å². The number of rotatable bonds is 2. The highest BCUT2D eigenvalue weighted by atomic mass is 16.2. The smallest absolute Gasteiger partial charge is 0.253 e. The van der Waals surface area contributed by atoms with E-state index in [9.17, 15) is 4.79 Å². The predicted octanol–water partition coefficient (Wildman–Crippen LogP) is 2.37. The SMILES string of the molecule is CC(C)c1cccc(C(=O)N2CCC(N)CC2)c1. The third kappa shape index (κ3) is 2.91. The Bertz CT molecular complexity index is 420. The summed E-state index contributed by atoms with van der Waals surface area (Å²) >= 11 is 0. The first-order valence-electron chi connectivity index (χ1n) is 6.72. The molecule has 1 aromatic rings. The van der Waals surface area contributed by atoms with Crippen molar-refractivity contribution in [1.82, 2.24) is 4.90 Å². The molecule has 3 heteroatoms. The van der Waals surface area contributed by atoms with Crippen LogP contribution in [0.1, 0.15) is 48.5 Å². The highest BCUT2D eigenvalue weighted by molar-refractivity contribution is 5.94. The van der Waals surface area contributed by atoms with Crippen LogP contribution in [-0.2, 0) is 0 Å². The highest BCUT2D eigenvalue weighted by Gasteiger charge is 2.21. The molecule has 1 amide bonds. The lowest BCUT2D eigenvalue weighted by molar-refractivity contribution is 0.0714. The van der Waals surface area contributed by atoms with Gasteiger partial charge in [-0.2, -0.15) is 0 Å². The maximum atomic E-state index is 12.4. The lowest BCUT2D eigenvalue weighted by Crippen LogP contribution is -2.42. The molecule has 3 nitrogen and oxygen atoms in total. The maximum absolute atomic E-state index is 12.4. The van der Waals surface area contributed by atoms with E-state index in [1.165, 1.54) is 5.56 Å². The Kier molecular flexibility index (Phi) is 4.02. The standard InChI is InChI=1S/C15H22N2O/c1-11(2)12-4-3-5-13(10-12)15(18)17-8-6-14(16)7-9-17/h3-5,10-11,14H,6-9,16H2,1-2H3. The van der Waals surface area contributed by atoms with Crippen LogP contribution in [-0.4, -0.2) is 29.9 Å². The zero-order valence-corrected chi connectivity index (χ0v) is 11.2. The Morgan fingerprint density at radius 2 is 2.00 bits per heavy atom. The largest absolute Gasteiger partial charge is 0.339 e. The van der Waals surface area contributed by atoms with Gasteiger partial charge in [0, 0.05) is 24.7 Å². The quantitative estimate of drug-likeness (QED) is 0.871. The second-order valence-corrected chi connectivity index (χ2v) is 5.41. The third-order valence-electron chi connectivity index (χ3n) is 3.63. The summed E-state index contributed by atoms with van der Waals surface area (Å²) in [6.45, 7) is 5.85. The van der Waals surface area contributed by atoms with Gasteiger partial charge in [0.2, 0.25) is 0 Å².